The van der Waals surface area contributed by atoms with Crippen molar-refractivity contribution in [1.82, 2.24) is 0 Å². The van der Waals surface area contributed by atoms with E-state index >= 15 is 0 Å². The summed E-state index contributed by atoms with van der Waals surface area (Å²) in [6.07, 6.45) is 0. The fraction of sp³-hybridized carbons (Fsp3) is 0. The van der Waals surface area contributed by atoms with Crippen LogP contribution in [0.25, 0.3) is 66.4 Å². The Hall–Kier alpha value is -5.90. The molecule has 0 unspecified atom stereocenters. The van der Waals surface area contributed by atoms with E-state index in [1.807, 2.05) is 97.1 Å². The third-order valence-electron chi connectivity index (χ3n) is 7.55. The zero-order chi connectivity index (χ0) is 27.8. The molecule has 7 rings (SSSR count). The van der Waals surface area contributed by atoms with E-state index in [0.29, 0.717) is 11.1 Å². The van der Waals surface area contributed by atoms with Crippen LogP contribution in [0.5, 0.6) is 0 Å². The topological polar surface area (TPSA) is 60.7 Å². The summed E-state index contributed by atoms with van der Waals surface area (Å²) >= 11 is 0. The van der Waals surface area contributed by atoms with Gasteiger partial charge in [-0.05, 0) is 75.8 Å². The maximum atomic E-state index is 10.3. The van der Waals surface area contributed by atoms with E-state index in [0.717, 1.165) is 66.4 Å². The van der Waals surface area contributed by atoms with Gasteiger partial charge in [0.2, 0.25) is 0 Å². The molecule has 7 aromatic rings. The Morgan fingerprint density at radius 2 is 1.10 bits per heavy atom. The molecule has 0 radical (unpaired) electrons. The van der Waals surface area contributed by atoms with Gasteiger partial charge in [0.25, 0.3) is 0 Å². The van der Waals surface area contributed by atoms with Crippen LogP contribution < -0.4 is 0 Å². The van der Waals surface area contributed by atoms with Crippen LogP contribution in [-0.4, -0.2) is 0 Å². The fourth-order valence-corrected chi connectivity index (χ4v) is 5.62. The van der Waals surface area contributed by atoms with Crippen molar-refractivity contribution >= 4 is 21.9 Å². The van der Waals surface area contributed by atoms with E-state index in [-0.39, 0.29) is 0 Å². The molecule has 3 nitrogen and oxygen atoms in total. The van der Waals surface area contributed by atoms with Gasteiger partial charge >= 0.3 is 0 Å². The van der Waals surface area contributed by atoms with Crippen LogP contribution in [-0.2, 0) is 0 Å². The summed E-state index contributed by atoms with van der Waals surface area (Å²) in [7, 11) is 0. The molecule has 0 N–H and O–H groups in total. The van der Waals surface area contributed by atoms with E-state index in [2.05, 4.69) is 48.5 Å². The van der Waals surface area contributed by atoms with Crippen LogP contribution >= 0.6 is 0 Å². The van der Waals surface area contributed by atoms with Gasteiger partial charge in [0, 0.05) is 21.9 Å². The monoisotopic (exact) mass is 522 g/mol. The fourth-order valence-electron chi connectivity index (χ4n) is 5.62. The lowest BCUT2D eigenvalue weighted by molar-refractivity contribution is 0.669. The number of rotatable bonds is 4. The maximum Gasteiger partial charge on any atom is 0.136 e. The summed E-state index contributed by atoms with van der Waals surface area (Å²) in [6.45, 7) is 0. The smallest absolute Gasteiger partial charge is 0.136 e. The lowest BCUT2D eigenvalue weighted by Crippen LogP contribution is -1.92. The number of hydrogen-bond donors (Lipinski definition) is 0. The minimum Gasteiger partial charge on any atom is -0.456 e. The Bertz CT molecular complexity index is 2100. The van der Waals surface area contributed by atoms with Gasteiger partial charge < -0.3 is 4.42 Å². The molecule has 6 aromatic carbocycles. The summed E-state index contributed by atoms with van der Waals surface area (Å²) in [4.78, 5) is 0. The van der Waals surface area contributed by atoms with Crippen molar-refractivity contribution in [2.45, 2.75) is 0 Å². The largest absolute Gasteiger partial charge is 0.456 e. The molecule has 3 heteroatoms. The van der Waals surface area contributed by atoms with E-state index in [1.165, 1.54) is 0 Å². The Balaban J connectivity index is 1.44. The first-order valence-electron chi connectivity index (χ1n) is 13.4. The lowest BCUT2D eigenvalue weighted by Gasteiger charge is -2.14. The van der Waals surface area contributed by atoms with Gasteiger partial charge in [-0.15, -0.1) is 0 Å². The van der Waals surface area contributed by atoms with Gasteiger partial charge in [-0.25, -0.2) is 0 Å². The second-order valence-corrected chi connectivity index (χ2v) is 9.97. The number of nitriles is 2. The highest BCUT2D eigenvalue weighted by Gasteiger charge is 2.17. The molecule has 0 saturated heterocycles. The van der Waals surface area contributed by atoms with Crippen LogP contribution in [0.1, 0.15) is 11.1 Å². The summed E-state index contributed by atoms with van der Waals surface area (Å²) in [5.41, 5.74) is 10.7. The van der Waals surface area contributed by atoms with Crippen LogP contribution in [0.2, 0.25) is 0 Å². The first kappa shape index (κ1) is 24.2. The third kappa shape index (κ3) is 4.23. The zero-order valence-corrected chi connectivity index (χ0v) is 22.0. The average molecular weight is 523 g/mol. The Labute approximate surface area is 237 Å². The minimum absolute atomic E-state index is 0.624. The van der Waals surface area contributed by atoms with E-state index in [1.54, 1.807) is 0 Å². The van der Waals surface area contributed by atoms with Gasteiger partial charge in [0.15, 0.2) is 0 Å². The molecule has 1 aromatic heterocycles. The number of furan rings is 1. The van der Waals surface area contributed by atoms with Crippen molar-refractivity contribution in [3.8, 4) is 56.6 Å². The van der Waals surface area contributed by atoms with Crippen LogP contribution in [0.3, 0.4) is 0 Å². The van der Waals surface area contributed by atoms with Gasteiger partial charge in [0.05, 0.1) is 17.2 Å². The predicted octanol–water partition coefficient (Wildman–Crippen LogP) is 10.00. The summed E-state index contributed by atoms with van der Waals surface area (Å²) < 4.78 is 6.39. The van der Waals surface area contributed by atoms with Gasteiger partial charge in [-0.2, -0.15) is 10.5 Å². The summed E-state index contributed by atoms with van der Waals surface area (Å²) in [5, 5.41) is 21.7. The first-order chi connectivity index (χ1) is 20.2. The molecular formula is C38H22N2O. The normalized spacial score (nSPS) is 10.9. The van der Waals surface area contributed by atoms with Gasteiger partial charge in [0.1, 0.15) is 17.2 Å². The molecule has 0 amide bonds. The SMILES string of the molecule is N#Cc1cccc(-c2cccc3oc4cc(-c5cc(-c6ccccc6)c(C#N)c(-c6ccccc6)c5)ccc4c23)c1. The van der Waals surface area contributed by atoms with Crippen molar-refractivity contribution in [1.29, 1.82) is 10.5 Å². The van der Waals surface area contributed by atoms with Crippen LogP contribution in [0.4, 0.5) is 0 Å². The van der Waals surface area contributed by atoms with E-state index < -0.39 is 0 Å². The molecular weight excluding hydrogens is 500 g/mol. The summed E-state index contributed by atoms with van der Waals surface area (Å²) in [6, 6.07) is 49.0. The van der Waals surface area contributed by atoms with Crippen molar-refractivity contribution in [2.24, 2.45) is 0 Å². The van der Waals surface area contributed by atoms with Crippen molar-refractivity contribution in [3.05, 3.63) is 145 Å². The molecule has 0 bridgehead atoms. The highest BCUT2D eigenvalue weighted by molar-refractivity contribution is 6.13. The van der Waals surface area contributed by atoms with Crippen LogP contribution in [0.15, 0.2) is 138 Å². The van der Waals surface area contributed by atoms with E-state index in [4.69, 9.17) is 4.42 Å². The Kier molecular flexibility index (Phi) is 5.90. The third-order valence-corrected chi connectivity index (χ3v) is 7.55. The lowest BCUT2D eigenvalue weighted by atomic mass is 9.88. The molecule has 0 atom stereocenters. The van der Waals surface area contributed by atoms with Crippen molar-refractivity contribution in [3.63, 3.8) is 0 Å². The molecule has 0 spiro atoms. The van der Waals surface area contributed by atoms with Gasteiger partial charge in [-0.3, -0.25) is 0 Å². The molecule has 0 aliphatic heterocycles. The van der Waals surface area contributed by atoms with E-state index in [9.17, 15) is 10.5 Å². The maximum absolute atomic E-state index is 10.3. The Morgan fingerprint density at radius 1 is 0.439 bits per heavy atom. The van der Waals surface area contributed by atoms with Crippen LogP contribution in [0, 0.1) is 22.7 Å². The zero-order valence-electron chi connectivity index (χ0n) is 22.0. The predicted molar refractivity (Wildman–Crippen MR) is 165 cm³/mol. The van der Waals surface area contributed by atoms with Crippen molar-refractivity contribution < 1.29 is 4.42 Å². The molecule has 0 aliphatic rings. The summed E-state index contributed by atoms with van der Waals surface area (Å²) in [5.74, 6) is 0. The number of benzene rings is 6. The standard InChI is InChI=1S/C38H22N2O/c39-23-25-9-7-14-29(19-25)31-15-8-16-36-38(31)32-18-17-28(22-37(32)41-36)30-20-33(26-10-3-1-4-11-26)35(24-40)34(21-30)27-12-5-2-6-13-27/h1-22H. The molecule has 0 saturated carbocycles. The molecule has 0 aliphatic carbocycles. The number of nitrogens with zero attached hydrogens (tertiary/aromatic N) is 2. The van der Waals surface area contributed by atoms with Crippen molar-refractivity contribution in [2.75, 3.05) is 0 Å². The second-order valence-electron chi connectivity index (χ2n) is 9.97. The minimum atomic E-state index is 0.624. The quantitative estimate of drug-likeness (QED) is 0.231. The first-order valence-corrected chi connectivity index (χ1v) is 13.4. The molecule has 1 heterocycles. The Morgan fingerprint density at radius 3 is 1.76 bits per heavy atom. The molecule has 41 heavy (non-hydrogen) atoms. The molecule has 0 fully saturated rings. The second kappa shape index (κ2) is 10.0. The average Bonchev–Trinajstić information content (AvgIpc) is 3.43. The highest BCUT2D eigenvalue weighted by Crippen LogP contribution is 2.41. The number of fused-ring (bicyclic) bond motifs is 3. The number of hydrogen-bond acceptors (Lipinski definition) is 3. The molecule has 190 valence electrons. The van der Waals surface area contributed by atoms with Gasteiger partial charge in [-0.1, -0.05) is 91.0 Å². The highest BCUT2D eigenvalue weighted by atomic mass is 16.3.